The van der Waals surface area contributed by atoms with Gasteiger partial charge in [-0.25, -0.2) is 0 Å². The van der Waals surface area contributed by atoms with E-state index < -0.39 is 0 Å². The molecule has 0 aliphatic heterocycles. The average molecular weight is 324 g/mol. The van der Waals surface area contributed by atoms with Crippen LogP contribution in [0.3, 0.4) is 0 Å². The van der Waals surface area contributed by atoms with Gasteiger partial charge in [-0.05, 0) is 55.3 Å². The summed E-state index contributed by atoms with van der Waals surface area (Å²) in [5.41, 5.74) is 1.99. The van der Waals surface area contributed by atoms with Crippen molar-refractivity contribution < 1.29 is 0 Å². The molecule has 106 valence electrons. The third-order valence-electron chi connectivity index (χ3n) is 4.33. The first kappa shape index (κ1) is 15.1. The standard InChI is InChI=1S/C17H26BrN/c1-2-12-19-14-17(10-4-3-5-11-17)13-15-6-8-16(18)9-7-15/h6-9,19H,2-5,10-14H2,1H3. The third-order valence-corrected chi connectivity index (χ3v) is 4.86. The number of rotatable bonds is 6. The average Bonchev–Trinajstić information content (AvgIpc) is 2.43. The first-order valence-electron chi connectivity index (χ1n) is 7.69. The molecule has 1 aliphatic rings. The molecule has 2 heteroatoms. The maximum absolute atomic E-state index is 3.67. The summed E-state index contributed by atoms with van der Waals surface area (Å²) in [7, 11) is 0. The number of hydrogen-bond acceptors (Lipinski definition) is 1. The molecule has 0 heterocycles. The van der Waals surface area contributed by atoms with Gasteiger partial charge in [0, 0.05) is 11.0 Å². The fourth-order valence-electron chi connectivity index (χ4n) is 3.28. The zero-order chi connectivity index (χ0) is 13.6. The van der Waals surface area contributed by atoms with E-state index in [9.17, 15) is 0 Å². The van der Waals surface area contributed by atoms with Gasteiger partial charge in [0.15, 0.2) is 0 Å². The van der Waals surface area contributed by atoms with Crippen molar-refractivity contribution in [1.82, 2.24) is 5.32 Å². The Morgan fingerprint density at radius 1 is 1.11 bits per heavy atom. The number of halogens is 1. The van der Waals surface area contributed by atoms with Crippen molar-refractivity contribution in [3.63, 3.8) is 0 Å². The number of nitrogens with one attached hydrogen (secondary N) is 1. The van der Waals surface area contributed by atoms with Crippen molar-refractivity contribution in [2.45, 2.75) is 51.9 Å². The molecular formula is C17H26BrN. The zero-order valence-electron chi connectivity index (χ0n) is 12.1. The maximum Gasteiger partial charge on any atom is 0.0175 e. The molecule has 0 bridgehead atoms. The molecule has 0 spiro atoms. The van der Waals surface area contributed by atoms with Gasteiger partial charge in [-0.1, -0.05) is 54.2 Å². The molecule has 1 aromatic rings. The Bertz CT molecular complexity index is 365. The molecule has 19 heavy (non-hydrogen) atoms. The van der Waals surface area contributed by atoms with Gasteiger partial charge in [0.1, 0.15) is 0 Å². The van der Waals surface area contributed by atoms with Crippen molar-refractivity contribution in [2.24, 2.45) is 5.41 Å². The first-order chi connectivity index (χ1) is 9.24. The minimum atomic E-state index is 0.501. The Hall–Kier alpha value is -0.340. The van der Waals surface area contributed by atoms with Crippen LogP contribution in [0.15, 0.2) is 28.7 Å². The highest BCUT2D eigenvalue weighted by molar-refractivity contribution is 9.10. The summed E-state index contributed by atoms with van der Waals surface area (Å²) in [6.07, 6.45) is 9.48. The van der Waals surface area contributed by atoms with Crippen LogP contribution in [-0.2, 0) is 6.42 Å². The molecule has 0 unspecified atom stereocenters. The second kappa shape index (κ2) is 7.44. The molecular weight excluding hydrogens is 298 g/mol. The van der Waals surface area contributed by atoms with Crippen LogP contribution in [-0.4, -0.2) is 13.1 Å². The van der Waals surface area contributed by atoms with Gasteiger partial charge in [-0.3, -0.25) is 0 Å². The molecule has 1 N–H and O–H groups in total. The lowest BCUT2D eigenvalue weighted by Gasteiger charge is -2.38. The summed E-state index contributed by atoms with van der Waals surface area (Å²) in [6, 6.07) is 8.90. The summed E-state index contributed by atoms with van der Waals surface area (Å²) >= 11 is 3.52. The van der Waals surface area contributed by atoms with Crippen molar-refractivity contribution in [3.8, 4) is 0 Å². The summed E-state index contributed by atoms with van der Waals surface area (Å²) in [5, 5.41) is 3.67. The zero-order valence-corrected chi connectivity index (χ0v) is 13.6. The molecule has 1 fully saturated rings. The van der Waals surface area contributed by atoms with Crippen molar-refractivity contribution in [2.75, 3.05) is 13.1 Å². The van der Waals surface area contributed by atoms with Crippen LogP contribution >= 0.6 is 15.9 Å². The quantitative estimate of drug-likeness (QED) is 0.731. The molecule has 1 nitrogen and oxygen atoms in total. The van der Waals surface area contributed by atoms with E-state index in [2.05, 4.69) is 52.4 Å². The SMILES string of the molecule is CCCNCC1(Cc2ccc(Br)cc2)CCCCC1. The van der Waals surface area contributed by atoms with Crippen LogP contribution < -0.4 is 5.32 Å². The molecule has 2 rings (SSSR count). The molecule has 1 saturated carbocycles. The molecule has 0 saturated heterocycles. The van der Waals surface area contributed by atoms with E-state index in [4.69, 9.17) is 0 Å². The van der Waals surface area contributed by atoms with Crippen LogP contribution in [0, 0.1) is 5.41 Å². The van der Waals surface area contributed by atoms with E-state index in [0.717, 1.165) is 6.54 Å². The Kier molecular flexibility index (Phi) is 5.90. The second-order valence-electron chi connectivity index (χ2n) is 6.04. The number of benzene rings is 1. The summed E-state index contributed by atoms with van der Waals surface area (Å²) in [6.45, 7) is 4.59. The predicted molar refractivity (Wildman–Crippen MR) is 86.5 cm³/mol. The van der Waals surface area contributed by atoms with Crippen molar-refractivity contribution in [3.05, 3.63) is 34.3 Å². The third kappa shape index (κ3) is 4.61. The lowest BCUT2D eigenvalue weighted by Crippen LogP contribution is -2.38. The predicted octanol–water partition coefficient (Wildman–Crippen LogP) is 4.94. The molecule has 1 aliphatic carbocycles. The largest absolute Gasteiger partial charge is 0.316 e. The Morgan fingerprint density at radius 3 is 2.42 bits per heavy atom. The van der Waals surface area contributed by atoms with Crippen LogP contribution in [0.4, 0.5) is 0 Å². The van der Waals surface area contributed by atoms with Crippen LogP contribution in [0.1, 0.15) is 51.0 Å². The number of hydrogen-bond donors (Lipinski definition) is 1. The molecule has 1 aromatic carbocycles. The van der Waals surface area contributed by atoms with E-state index in [1.54, 1.807) is 0 Å². The molecule has 0 radical (unpaired) electrons. The van der Waals surface area contributed by atoms with Crippen LogP contribution in [0.25, 0.3) is 0 Å². The van der Waals surface area contributed by atoms with Crippen LogP contribution in [0.5, 0.6) is 0 Å². The minimum absolute atomic E-state index is 0.501. The van der Waals surface area contributed by atoms with Crippen molar-refractivity contribution >= 4 is 15.9 Å². The highest BCUT2D eigenvalue weighted by Gasteiger charge is 2.31. The molecule has 0 aromatic heterocycles. The fraction of sp³-hybridized carbons (Fsp3) is 0.647. The normalized spacial score (nSPS) is 18.4. The van der Waals surface area contributed by atoms with E-state index in [1.807, 2.05) is 0 Å². The smallest absolute Gasteiger partial charge is 0.0175 e. The summed E-state index contributed by atoms with van der Waals surface area (Å²) in [5.74, 6) is 0. The Labute approximate surface area is 126 Å². The monoisotopic (exact) mass is 323 g/mol. The maximum atomic E-state index is 3.67. The van der Waals surface area contributed by atoms with Crippen molar-refractivity contribution in [1.29, 1.82) is 0 Å². The van der Waals surface area contributed by atoms with Gasteiger partial charge in [0.2, 0.25) is 0 Å². The van der Waals surface area contributed by atoms with E-state index in [0.29, 0.717) is 5.41 Å². The van der Waals surface area contributed by atoms with Gasteiger partial charge >= 0.3 is 0 Å². The molecule has 0 amide bonds. The van der Waals surface area contributed by atoms with Crippen LogP contribution in [0.2, 0.25) is 0 Å². The lowest BCUT2D eigenvalue weighted by atomic mass is 9.70. The first-order valence-corrected chi connectivity index (χ1v) is 8.49. The van der Waals surface area contributed by atoms with Gasteiger partial charge in [-0.2, -0.15) is 0 Å². The molecule has 0 atom stereocenters. The van der Waals surface area contributed by atoms with Gasteiger partial charge in [0.25, 0.3) is 0 Å². The lowest BCUT2D eigenvalue weighted by molar-refractivity contribution is 0.181. The van der Waals surface area contributed by atoms with E-state index in [-0.39, 0.29) is 0 Å². The Balaban J connectivity index is 2.01. The second-order valence-corrected chi connectivity index (χ2v) is 6.96. The minimum Gasteiger partial charge on any atom is -0.316 e. The topological polar surface area (TPSA) is 12.0 Å². The Morgan fingerprint density at radius 2 is 1.79 bits per heavy atom. The van der Waals surface area contributed by atoms with E-state index in [1.165, 1.54) is 61.5 Å². The van der Waals surface area contributed by atoms with E-state index >= 15 is 0 Å². The highest BCUT2D eigenvalue weighted by atomic mass is 79.9. The van der Waals surface area contributed by atoms with Gasteiger partial charge in [-0.15, -0.1) is 0 Å². The van der Waals surface area contributed by atoms with Gasteiger partial charge in [0.05, 0.1) is 0 Å². The summed E-state index contributed by atoms with van der Waals surface area (Å²) in [4.78, 5) is 0. The fourth-order valence-corrected chi connectivity index (χ4v) is 3.55. The van der Waals surface area contributed by atoms with Gasteiger partial charge < -0.3 is 5.32 Å². The summed E-state index contributed by atoms with van der Waals surface area (Å²) < 4.78 is 1.18. The highest BCUT2D eigenvalue weighted by Crippen LogP contribution is 2.38.